The number of aliphatic imine (C=N–C) groups is 1. The Morgan fingerprint density at radius 1 is 1.13 bits per heavy atom. The fourth-order valence-electron chi connectivity index (χ4n) is 3.54. The van der Waals surface area contributed by atoms with Crippen molar-refractivity contribution in [2.75, 3.05) is 18.0 Å². The highest BCUT2D eigenvalue weighted by atomic mass is 35.5. The second-order valence-electron chi connectivity index (χ2n) is 7.88. The summed E-state index contributed by atoms with van der Waals surface area (Å²) in [5, 5.41) is 2.68. The Balaban J connectivity index is 2.41. The number of unbranched alkanes of at least 4 members (excludes halogenated alkanes) is 2. The summed E-state index contributed by atoms with van der Waals surface area (Å²) in [6.45, 7) is 11.9. The lowest BCUT2D eigenvalue weighted by Gasteiger charge is -2.25. The molecule has 31 heavy (non-hydrogen) atoms. The van der Waals surface area contributed by atoms with E-state index in [4.69, 9.17) is 16.6 Å². The van der Waals surface area contributed by atoms with E-state index in [9.17, 15) is 9.59 Å². The second kappa shape index (κ2) is 11.8. The van der Waals surface area contributed by atoms with Crippen LogP contribution in [0.25, 0.3) is 0 Å². The third-order valence-electron chi connectivity index (χ3n) is 5.31. The number of halogens is 1. The molecule has 2 rings (SSSR count). The van der Waals surface area contributed by atoms with Crippen LogP contribution in [-0.2, 0) is 9.59 Å². The van der Waals surface area contributed by atoms with Crippen LogP contribution in [0.4, 0.5) is 11.4 Å². The summed E-state index contributed by atoms with van der Waals surface area (Å²) in [5.41, 5.74) is 4.56. The molecule has 0 saturated heterocycles. The average molecular weight is 444 g/mol. The summed E-state index contributed by atoms with van der Waals surface area (Å²) in [4.78, 5) is 31.2. The minimum atomic E-state index is -0.373. The molecule has 1 aromatic rings. The van der Waals surface area contributed by atoms with Crippen molar-refractivity contribution in [3.05, 3.63) is 46.1 Å². The summed E-state index contributed by atoms with van der Waals surface area (Å²) >= 11 is 6.33. The van der Waals surface area contributed by atoms with Gasteiger partial charge in [0.1, 0.15) is 0 Å². The Morgan fingerprint density at radius 3 is 2.29 bits per heavy atom. The van der Waals surface area contributed by atoms with Crippen molar-refractivity contribution in [2.45, 2.75) is 66.7 Å². The zero-order chi connectivity index (χ0) is 23.0. The minimum Gasteiger partial charge on any atom is -0.372 e. The van der Waals surface area contributed by atoms with Crippen molar-refractivity contribution in [1.82, 2.24) is 5.32 Å². The van der Waals surface area contributed by atoms with E-state index < -0.39 is 0 Å². The lowest BCUT2D eigenvalue weighted by atomic mass is 9.97. The number of allylic oxidation sites excluding steroid dienone is 3. The topological polar surface area (TPSA) is 61.8 Å². The number of amides is 1. The van der Waals surface area contributed by atoms with Gasteiger partial charge in [0, 0.05) is 31.3 Å². The number of Topliss-reactive ketones (excluding diaryl/α,β-unsaturated/α-hetero) is 1. The minimum absolute atomic E-state index is 0.118. The van der Waals surface area contributed by atoms with Gasteiger partial charge in [0.15, 0.2) is 0 Å². The van der Waals surface area contributed by atoms with Crippen molar-refractivity contribution in [1.29, 1.82) is 0 Å². The van der Waals surface area contributed by atoms with Crippen LogP contribution in [0.5, 0.6) is 0 Å². The number of nitrogens with zero attached hydrogens (tertiary/aromatic N) is 2. The first-order chi connectivity index (χ1) is 14.8. The molecule has 1 aliphatic carbocycles. The molecule has 0 bridgehead atoms. The fourth-order valence-corrected chi connectivity index (χ4v) is 3.87. The maximum Gasteiger partial charge on any atom is 0.221 e. The summed E-state index contributed by atoms with van der Waals surface area (Å²) in [7, 11) is 0. The van der Waals surface area contributed by atoms with E-state index in [1.54, 1.807) is 6.08 Å². The Morgan fingerprint density at radius 2 is 1.77 bits per heavy atom. The number of ketones is 1. The summed E-state index contributed by atoms with van der Waals surface area (Å²) in [5.74, 6) is -0.689. The van der Waals surface area contributed by atoms with Gasteiger partial charge in [-0.05, 0) is 56.0 Å². The maximum absolute atomic E-state index is 12.5. The van der Waals surface area contributed by atoms with Crippen LogP contribution in [-0.4, -0.2) is 30.5 Å². The first-order valence-electron chi connectivity index (χ1n) is 11.2. The quantitative estimate of drug-likeness (QED) is 0.452. The molecule has 0 aromatic heterocycles. The summed E-state index contributed by atoms with van der Waals surface area (Å²) < 4.78 is 0. The first-order valence-corrected chi connectivity index (χ1v) is 11.6. The Hall–Kier alpha value is -2.40. The molecule has 1 aliphatic rings. The van der Waals surface area contributed by atoms with Crippen LogP contribution < -0.4 is 10.2 Å². The molecule has 1 amide bonds. The van der Waals surface area contributed by atoms with E-state index in [2.05, 4.69) is 36.2 Å². The third-order valence-corrected chi connectivity index (χ3v) is 5.71. The normalized spacial score (nSPS) is 15.4. The van der Waals surface area contributed by atoms with Gasteiger partial charge in [0.05, 0.1) is 22.1 Å². The van der Waals surface area contributed by atoms with Gasteiger partial charge in [-0.2, -0.15) is 0 Å². The third kappa shape index (κ3) is 6.54. The molecule has 0 saturated carbocycles. The van der Waals surface area contributed by atoms with E-state index in [1.165, 1.54) is 38.3 Å². The number of aryl methyl sites for hydroxylation is 1. The van der Waals surface area contributed by atoms with E-state index in [0.29, 0.717) is 17.7 Å². The molecule has 0 fully saturated rings. The summed E-state index contributed by atoms with van der Waals surface area (Å²) in [6, 6.07) is 6.31. The van der Waals surface area contributed by atoms with Crippen molar-refractivity contribution < 1.29 is 9.59 Å². The van der Waals surface area contributed by atoms with Crippen LogP contribution in [0.2, 0.25) is 0 Å². The zero-order valence-electron chi connectivity index (χ0n) is 19.3. The van der Waals surface area contributed by atoms with Gasteiger partial charge in [-0.1, -0.05) is 45.2 Å². The van der Waals surface area contributed by atoms with Crippen LogP contribution in [0.3, 0.4) is 0 Å². The van der Waals surface area contributed by atoms with E-state index in [1.807, 2.05) is 19.9 Å². The number of anilines is 1. The van der Waals surface area contributed by atoms with Gasteiger partial charge in [0.2, 0.25) is 11.7 Å². The average Bonchev–Trinajstić information content (AvgIpc) is 2.73. The predicted octanol–water partition coefficient (Wildman–Crippen LogP) is 5.98. The van der Waals surface area contributed by atoms with Gasteiger partial charge in [-0.25, -0.2) is 4.99 Å². The lowest BCUT2D eigenvalue weighted by Crippen LogP contribution is -2.29. The highest BCUT2D eigenvalue weighted by molar-refractivity contribution is 6.49. The Labute approximate surface area is 191 Å². The highest BCUT2D eigenvalue weighted by Gasteiger charge is 2.26. The van der Waals surface area contributed by atoms with E-state index >= 15 is 0 Å². The van der Waals surface area contributed by atoms with Crippen LogP contribution in [0.1, 0.15) is 65.4 Å². The number of hydrogen-bond acceptors (Lipinski definition) is 4. The summed E-state index contributed by atoms with van der Waals surface area (Å²) in [6.07, 6.45) is 6.87. The second-order valence-corrected chi connectivity index (χ2v) is 8.25. The number of carbonyl (C=O) groups is 2. The number of carbonyl (C=O) groups excluding carboxylic acids is 2. The Bertz CT molecular complexity index is 907. The van der Waals surface area contributed by atoms with Crippen LogP contribution in [0, 0.1) is 6.92 Å². The van der Waals surface area contributed by atoms with Gasteiger partial charge in [0.25, 0.3) is 0 Å². The molecule has 1 N–H and O–H groups in total. The van der Waals surface area contributed by atoms with E-state index in [0.717, 1.165) is 24.3 Å². The zero-order valence-corrected chi connectivity index (χ0v) is 20.1. The maximum atomic E-state index is 12.5. The van der Waals surface area contributed by atoms with E-state index in [-0.39, 0.29) is 22.4 Å². The van der Waals surface area contributed by atoms with Gasteiger partial charge in [-0.3, -0.25) is 9.59 Å². The van der Waals surface area contributed by atoms with Crippen molar-refractivity contribution in [3.8, 4) is 0 Å². The van der Waals surface area contributed by atoms with Gasteiger partial charge >= 0.3 is 0 Å². The number of hydrogen-bond donors (Lipinski definition) is 1. The molecule has 0 unspecified atom stereocenters. The molecular formula is C25H34ClN3O2. The van der Waals surface area contributed by atoms with Gasteiger partial charge in [-0.15, -0.1) is 0 Å². The standard InChI is InChI=1S/C25H34ClN3O2/c1-6-9-13-29(14-10-7-2)19-11-12-21(17(4)15-19)28-22-16-23(27-18(5)30)25(31)24(26)20(22)8-3/h11-12,15-16H,6-10,13-14H2,1-5H3,(H,27,30). The van der Waals surface area contributed by atoms with Gasteiger partial charge < -0.3 is 10.2 Å². The molecule has 1 aromatic carbocycles. The molecule has 0 radical (unpaired) electrons. The Kier molecular flexibility index (Phi) is 9.50. The molecule has 0 spiro atoms. The molecule has 0 heterocycles. The SMILES string of the molecule is CCCCN(CCCC)c1ccc(N=C2C=C(NC(C)=O)C(=O)C(Cl)=C2CC)c(C)c1. The number of benzene rings is 1. The van der Waals surface area contributed by atoms with Crippen molar-refractivity contribution >= 4 is 40.4 Å². The predicted molar refractivity (Wildman–Crippen MR) is 130 cm³/mol. The molecular weight excluding hydrogens is 410 g/mol. The molecule has 0 aliphatic heterocycles. The first kappa shape index (κ1) is 24.9. The van der Waals surface area contributed by atoms with Crippen molar-refractivity contribution in [2.24, 2.45) is 4.99 Å². The smallest absolute Gasteiger partial charge is 0.221 e. The fraction of sp³-hybridized carbons (Fsp3) is 0.480. The molecule has 0 atom stereocenters. The lowest BCUT2D eigenvalue weighted by molar-refractivity contribution is -0.120. The molecule has 6 heteroatoms. The molecule has 168 valence electrons. The largest absolute Gasteiger partial charge is 0.372 e. The monoisotopic (exact) mass is 443 g/mol. The molecule has 5 nitrogen and oxygen atoms in total. The van der Waals surface area contributed by atoms with Crippen LogP contribution in [0.15, 0.2) is 45.6 Å². The number of rotatable bonds is 10. The number of nitrogens with one attached hydrogen (secondary N) is 1. The van der Waals surface area contributed by atoms with Crippen molar-refractivity contribution in [3.63, 3.8) is 0 Å². The highest BCUT2D eigenvalue weighted by Crippen LogP contribution is 2.30. The van der Waals surface area contributed by atoms with Crippen LogP contribution >= 0.6 is 11.6 Å².